The van der Waals surface area contributed by atoms with Gasteiger partial charge in [-0.15, -0.1) is 0 Å². The Kier molecular flexibility index (Phi) is 4.42. The molecule has 1 aliphatic heterocycles. The van der Waals surface area contributed by atoms with Crippen molar-refractivity contribution in [1.29, 1.82) is 0 Å². The van der Waals surface area contributed by atoms with E-state index in [9.17, 15) is 9.59 Å². The van der Waals surface area contributed by atoms with Gasteiger partial charge in [0.15, 0.2) is 0 Å². The fraction of sp³-hybridized carbons (Fsp3) is 0.471. The topological polar surface area (TPSA) is 80.4 Å². The third-order valence-electron chi connectivity index (χ3n) is 4.65. The van der Waals surface area contributed by atoms with Crippen LogP contribution in [0.1, 0.15) is 47.6 Å². The number of piperidine rings is 1. The van der Waals surface area contributed by atoms with Gasteiger partial charge in [-0.05, 0) is 18.6 Å². The van der Waals surface area contributed by atoms with Crippen LogP contribution in [0.4, 0.5) is 0 Å². The van der Waals surface area contributed by atoms with E-state index in [0.717, 1.165) is 5.69 Å². The molecule has 7 nitrogen and oxygen atoms in total. The van der Waals surface area contributed by atoms with Crippen molar-refractivity contribution < 1.29 is 14.0 Å². The molecule has 1 aliphatic rings. The van der Waals surface area contributed by atoms with Crippen molar-refractivity contribution in [2.45, 2.75) is 38.3 Å². The molecule has 2 aromatic heterocycles. The first-order valence-electron chi connectivity index (χ1n) is 8.13. The minimum Gasteiger partial charge on any atom is -0.469 e. The number of nitrogens with one attached hydrogen (secondary N) is 1. The minimum absolute atomic E-state index is 0.0734. The molecule has 0 unspecified atom stereocenters. The zero-order valence-corrected chi connectivity index (χ0v) is 14.2. The number of nitrogens with zero attached hydrogens (tertiary/aromatic N) is 3. The average molecular weight is 330 g/mol. The Morgan fingerprint density at radius 3 is 2.88 bits per heavy atom. The van der Waals surface area contributed by atoms with Crippen molar-refractivity contribution in [3.63, 3.8) is 0 Å². The molecule has 0 bridgehead atoms. The van der Waals surface area contributed by atoms with Gasteiger partial charge < -0.3 is 14.6 Å². The number of likely N-dealkylation sites (N-methyl/N-ethyl adjacent to an activating group) is 1. The summed E-state index contributed by atoms with van der Waals surface area (Å²) in [5.41, 5.74) is 1.46. The highest BCUT2D eigenvalue weighted by Gasteiger charge is 2.37. The maximum Gasteiger partial charge on any atom is 0.255 e. The summed E-state index contributed by atoms with van der Waals surface area (Å²) in [6, 6.07) is 3.16. The lowest BCUT2D eigenvalue weighted by Crippen LogP contribution is -2.51. The van der Waals surface area contributed by atoms with Crippen LogP contribution in [0.2, 0.25) is 0 Å². The van der Waals surface area contributed by atoms with Gasteiger partial charge in [0, 0.05) is 33.1 Å². The Labute approximate surface area is 140 Å². The minimum atomic E-state index is -0.236. The first-order valence-corrected chi connectivity index (χ1v) is 8.13. The van der Waals surface area contributed by atoms with E-state index in [2.05, 4.69) is 10.4 Å². The zero-order chi connectivity index (χ0) is 17.3. The molecule has 0 radical (unpaired) electrons. The summed E-state index contributed by atoms with van der Waals surface area (Å²) in [7, 11) is 3.61. The van der Waals surface area contributed by atoms with Crippen molar-refractivity contribution in [2.75, 3.05) is 7.05 Å². The van der Waals surface area contributed by atoms with Gasteiger partial charge in [-0.3, -0.25) is 14.3 Å². The van der Waals surface area contributed by atoms with Crippen LogP contribution < -0.4 is 5.32 Å². The van der Waals surface area contributed by atoms with E-state index in [4.69, 9.17) is 4.42 Å². The van der Waals surface area contributed by atoms with Crippen LogP contribution in [0.15, 0.2) is 29.0 Å². The van der Waals surface area contributed by atoms with Gasteiger partial charge in [-0.2, -0.15) is 5.10 Å². The Hall–Kier alpha value is -2.57. The van der Waals surface area contributed by atoms with E-state index in [0.29, 0.717) is 30.6 Å². The fourth-order valence-electron chi connectivity index (χ4n) is 3.33. The normalized spacial score (nSPS) is 21.1. The molecule has 2 atom stereocenters. The predicted octanol–water partition coefficient (Wildman–Crippen LogP) is 1.67. The van der Waals surface area contributed by atoms with Crippen molar-refractivity contribution in [3.05, 3.63) is 41.6 Å². The molecule has 1 N–H and O–H groups in total. The lowest BCUT2D eigenvalue weighted by Gasteiger charge is -2.39. The second kappa shape index (κ2) is 6.51. The zero-order valence-electron chi connectivity index (χ0n) is 14.2. The van der Waals surface area contributed by atoms with Gasteiger partial charge in [0.25, 0.3) is 5.91 Å². The van der Waals surface area contributed by atoms with Crippen LogP contribution in [0.25, 0.3) is 0 Å². The highest BCUT2D eigenvalue weighted by atomic mass is 16.3. The smallest absolute Gasteiger partial charge is 0.255 e. The van der Waals surface area contributed by atoms with Gasteiger partial charge >= 0.3 is 0 Å². The number of hydrogen-bond donors (Lipinski definition) is 1. The van der Waals surface area contributed by atoms with Crippen molar-refractivity contribution >= 4 is 11.8 Å². The number of amides is 2. The summed E-state index contributed by atoms with van der Waals surface area (Å²) in [4.78, 5) is 26.5. The summed E-state index contributed by atoms with van der Waals surface area (Å²) in [5, 5.41) is 7.27. The van der Waals surface area contributed by atoms with Crippen LogP contribution in [-0.4, -0.2) is 39.6 Å². The average Bonchev–Trinajstić information content (AvgIpc) is 3.20. The summed E-state index contributed by atoms with van der Waals surface area (Å²) < 4.78 is 7.09. The third-order valence-corrected chi connectivity index (χ3v) is 4.65. The Bertz CT molecular complexity index is 749. The molecule has 0 saturated carbocycles. The standard InChI is InChI=1S/C17H22N4O3/c1-4-14-11(8-10-24-14)17(23)19-12-5-6-15(22)20(2)16(12)13-7-9-18-21(13)3/h7-10,12,16H,4-6H2,1-3H3,(H,19,23)/t12-,16-/m1/s1. The molecule has 2 amide bonds. The van der Waals surface area contributed by atoms with E-state index in [-0.39, 0.29) is 23.9 Å². The van der Waals surface area contributed by atoms with Crippen molar-refractivity contribution in [3.8, 4) is 0 Å². The van der Waals surface area contributed by atoms with Gasteiger partial charge in [-0.25, -0.2) is 0 Å². The number of carbonyl (C=O) groups is 2. The quantitative estimate of drug-likeness (QED) is 0.925. The van der Waals surface area contributed by atoms with E-state index in [1.807, 2.05) is 20.0 Å². The van der Waals surface area contributed by atoms with E-state index >= 15 is 0 Å². The highest BCUT2D eigenvalue weighted by Crippen LogP contribution is 2.30. The SMILES string of the molecule is CCc1occc1C(=O)N[C@@H]1CCC(=O)N(C)[C@H]1c1ccnn1C. The Morgan fingerprint density at radius 2 is 2.21 bits per heavy atom. The molecule has 0 spiro atoms. The van der Waals surface area contributed by atoms with Crippen molar-refractivity contribution in [1.82, 2.24) is 20.0 Å². The largest absolute Gasteiger partial charge is 0.469 e. The van der Waals surface area contributed by atoms with Crippen LogP contribution >= 0.6 is 0 Å². The van der Waals surface area contributed by atoms with Gasteiger partial charge in [0.2, 0.25) is 5.91 Å². The number of rotatable bonds is 4. The van der Waals surface area contributed by atoms with Crippen LogP contribution in [-0.2, 0) is 18.3 Å². The lowest BCUT2D eigenvalue weighted by molar-refractivity contribution is -0.136. The van der Waals surface area contributed by atoms with E-state index in [1.165, 1.54) is 6.26 Å². The van der Waals surface area contributed by atoms with Crippen LogP contribution in [0, 0.1) is 0 Å². The molecule has 1 saturated heterocycles. The molecule has 7 heteroatoms. The number of carbonyl (C=O) groups excluding carboxylic acids is 2. The Balaban J connectivity index is 1.86. The number of aromatic nitrogens is 2. The predicted molar refractivity (Wildman–Crippen MR) is 87.3 cm³/mol. The lowest BCUT2D eigenvalue weighted by atomic mass is 9.93. The van der Waals surface area contributed by atoms with Gasteiger partial charge in [0.05, 0.1) is 29.6 Å². The highest BCUT2D eigenvalue weighted by molar-refractivity contribution is 5.95. The molecule has 128 valence electrons. The first-order chi connectivity index (χ1) is 11.5. The summed E-state index contributed by atoms with van der Waals surface area (Å²) >= 11 is 0. The molecular formula is C17H22N4O3. The van der Waals surface area contributed by atoms with Crippen LogP contribution in [0.5, 0.6) is 0 Å². The monoisotopic (exact) mass is 330 g/mol. The number of aryl methyl sites for hydroxylation is 2. The number of hydrogen-bond acceptors (Lipinski definition) is 4. The van der Waals surface area contributed by atoms with Gasteiger partial charge in [0.1, 0.15) is 5.76 Å². The molecule has 0 aromatic carbocycles. The maximum absolute atomic E-state index is 12.6. The Morgan fingerprint density at radius 1 is 1.42 bits per heavy atom. The second-order valence-corrected chi connectivity index (χ2v) is 6.06. The second-order valence-electron chi connectivity index (χ2n) is 6.06. The summed E-state index contributed by atoms with van der Waals surface area (Å²) in [5.74, 6) is 0.578. The molecule has 24 heavy (non-hydrogen) atoms. The summed E-state index contributed by atoms with van der Waals surface area (Å²) in [6.45, 7) is 1.95. The van der Waals surface area contributed by atoms with Crippen molar-refractivity contribution in [2.24, 2.45) is 7.05 Å². The maximum atomic E-state index is 12.6. The molecule has 3 heterocycles. The number of furan rings is 1. The third kappa shape index (κ3) is 2.81. The molecule has 0 aliphatic carbocycles. The fourth-order valence-corrected chi connectivity index (χ4v) is 3.33. The van der Waals surface area contributed by atoms with E-state index < -0.39 is 0 Å². The summed E-state index contributed by atoms with van der Waals surface area (Å²) in [6.07, 6.45) is 4.91. The molecule has 3 rings (SSSR count). The molecular weight excluding hydrogens is 308 g/mol. The first kappa shape index (κ1) is 16.3. The van der Waals surface area contributed by atoms with E-state index in [1.54, 1.807) is 28.9 Å². The van der Waals surface area contributed by atoms with Crippen LogP contribution in [0.3, 0.4) is 0 Å². The molecule has 2 aromatic rings. The van der Waals surface area contributed by atoms with Gasteiger partial charge in [-0.1, -0.05) is 6.92 Å². The number of likely N-dealkylation sites (tertiary alicyclic amines) is 1. The molecule has 1 fully saturated rings.